The molecule has 80 valence electrons. The Kier molecular flexibility index (Phi) is 6.23. The molecule has 6 heteroatoms. The van der Waals surface area contributed by atoms with Gasteiger partial charge in [0.05, 0.1) is 0 Å². The zero-order chi connectivity index (χ0) is 10.3. The van der Waals surface area contributed by atoms with Crippen molar-refractivity contribution in [3.63, 3.8) is 0 Å². The topological polar surface area (TPSA) is 84.2 Å². The molecule has 0 aliphatic rings. The summed E-state index contributed by atoms with van der Waals surface area (Å²) in [5.74, 6) is 0.311. The summed E-state index contributed by atoms with van der Waals surface area (Å²) >= 11 is 0. The Labute approximate surface area is 80.3 Å². The molecular formula is C7H19N3O2S. The van der Waals surface area contributed by atoms with E-state index in [1.807, 2.05) is 13.8 Å². The molecule has 0 heterocycles. The number of hydrogen-bond donors (Lipinski definition) is 3. The maximum atomic E-state index is 11.1. The van der Waals surface area contributed by atoms with Crippen LogP contribution in [0, 0.1) is 5.92 Å². The Morgan fingerprint density at radius 2 is 1.92 bits per heavy atom. The van der Waals surface area contributed by atoms with Crippen LogP contribution in [-0.4, -0.2) is 28.1 Å². The molecule has 5 nitrogen and oxygen atoms in total. The molecular weight excluding hydrogens is 190 g/mol. The minimum atomic E-state index is -3.30. The van der Waals surface area contributed by atoms with Crippen LogP contribution in [0.4, 0.5) is 0 Å². The minimum absolute atomic E-state index is 0.311. The van der Waals surface area contributed by atoms with Gasteiger partial charge in [-0.25, -0.2) is 9.44 Å². The molecule has 0 rings (SSSR count). The molecule has 4 N–H and O–H groups in total. The van der Waals surface area contributed by atoms with Crippen molar-refractivity contribution in [3.8, 4) is 0 Å². The Bertz CT molecular complexity index is 214. The lowest BCUT2D eigenvalue weighted by atomic mass is 10.2. The smallest absolute Gasteiger partial charge is 0.276 e. The molecule has 0 spiro atoms. The first-order valence-electron chi connectivity index (χ1n) is 4.42. The lowest BCUT2D eigenvalue weighted by molar-refractivity contribution is 0.546. The van der Waals surface area contributed by atoms with Gasteiger partial charge in [0.1, 0.15) is 0 Å². The maximum Gasteiger partial charge on any atom is 0.276 e. The SMILES string of the molecule is CC(C)CNS(=O)(=O)NCCCN. The molecule has 0 fully saturated rings. The first kappa shape index (κ1) is 12.8. The van der Waals surface area contributed by atoms with Crippen LogP contribution in [0.3, 0.4) is 0 Å². The predicted molar refractivity (Wildman–Crippen MR) is 53.4 cm³/mol. The van der Waals surface area contributed by atoms with E-state index in [1.165, 1.54) is 0 Å². The Morgan fingerprint density at radius 1 is 1.31 bits per heavy atom. The van der Waals surface area contributed by atoms with Crippen LogP contribution in [0.1, 0.15) is 20.3 Å². The summed E-state index contributed by atoms with van der Waals surface area (Å²) in [7, 11) is -3.30. The Hall–Kier alpha value is -0.170. The third-order valence-corrected chi connectivity index (χ3v) is 2.49. The second kappa shape index (κ2) is 6.31. The van der Waals surface area contributed by atoms with Gasteiger partial charge in [0, 0.05) is 13.1 Å². The molecule has 0 aromatic rings. The second-order valence-electron chi connectivity index (χ2n) is 3.28. The molecule has 0 bridgehead atoms. The van der Waals surface area contributed by atoms with Crippen LogP contribution >= 0.6 is 0 Å². The summed E-state index contributed by atoms with van der Waals surface area (Å²) in [5, 5.41) is 0. The highest BCUT2D eigenvalue weighted by molar-refractivity contribution is 7.87. The highest BCUT2D eigenvalue weighted by atomic mass is 32.2. The second-order valence-corrected chi connectivity index (χ2v) is 4.87. The number of rotatable bonds is 7. The summed E-state index contributed by atoms with van der Waals surface area (Å²) in [6, 6.07) is 0. The number of hydrogen-bond acceptors (Lipinski definition) is 3. The van der Waals surface area contributed by atoms with Gasteiger partial charge in [-0.05, 0) is 18.9 Å². The third-order valence-electron chi connectivity index (χ3n) is 1.35. The van der Waals surface area contributed by atoms with Gasteiger partial charge >= 0.3 is 0 Å². The molecule has 0 saturated heterocycles. The average molecular weight is 209 g/mol. The van der Waals surface area contributed by atoms with Gasteiger partial charge in [-0.1, -0.05) is 13.8 Å². The molecule has 0 aromatic heterocycles. The van der Waals surface area contributed by atoms with E-state index in [4.69, 9.17) is 5.73 Å². The summed E-state index contributed by atoms with van der Waals surface area (Å²) in [5.41, 5.74) is 5.22. The van der Waals surface area contributed by atoms with Crippen molar-refractivity contribution < 1.29 is 8.42 Å². The summed E-state index contributed by atoms with van der Waals surface area (Å²) in [6.07, 6.45) is 0.655. The van der Waals surface area contributed by atoms with Crippen molar-refractivity contribution in [2.75, 3.05) is 19.6 Å². The molecule has 0 aromatic carbocycles. The quantitative estimate of drug-likeness (QED) is 0.490. The van der Waals surface area contributed by atoms with Crippen molar-refractivity contribution in [3.05, 3.63) is 0 Å². The van der Waals surface area contributed by atoms with Crippen molar-refractivity contribution in [1.29, 1.82) is 0 Å². The van der Waals surface area contributed by atoms with Gasteiger partial charge in [-0.3, -0.25) is 0 Å². The van der Waals surface area contributed by atoms with Crippen LogP contribution in [0.15, 0.2) is 0 Å². The van der Waals surface area contributed by atoms with E-state index >= 15 is 0 Å². The van der Waals surface area contributed by atoms with E-state index in [1.54, 1.807) is 0 Å². The fraction of sp³-hybridized carbons (Fsp3) is 1.00. The van der Waals surface area contributed by atoms with Crippen LogP contribution in [0.2, 0.25) is 0 Å². The van der Waals surface area contributed by atoms with E-state index in [0.29, 0.717) is 32.0 Å². The largest absolute Gasteiger partial charge is 0.330 e. The first-order chi connectivity index (χ1) is 5.98. The Balaban J connectivity index is 3.68. The molecule has 13 heavy (non-hydrogen) atoms. The van der Waals surface area contributed by atoms with Crippen molar-refractivity contribution >= 4 is 10.2 Å². The number of nitrogens with two attached hydrogens (primary N) is 1. The van der Waals surface area contributed by atoms with Gasteiger partial charge in [0.2, 0.25) is 0 Å². The standard InChI is InChI=1S/C7H19N3O2S/c1-7(2)6-10-13(11,12)9-5-3-4-8/h7,9-10H,3-6,8H2,1-2H3. The van der Waals surface area contributed by atoms with Crippen LogP contribution in [0.5, 0.6) is 0 Å². The van der Waals surface area contributed by atoms with Gasteiger partial charge in [0.25, 0.3) is 10.2 Å². The average Bonchev–Trinajstić information content (AvgIpc) is 2.02. The minimum Gasteiger partial charge on any atom is -0.330 e. The lowest BCUT2D eigenvalue weighted by Gasteiger charge is -2.09. The van der Waals surface area contributed by atoms with E-state index in [2.05, 4.69) is 9.44 Å². The lowest BCUT2D eigenvalue weighted by Crippen LogP contribution is -2.39. The van der Waals surface area contributed by atoms with Crippen molar-refractivity contribution in [2.45, 2.75) is 20.3 Å². The molecule has 0 unspecified atom stereocenters. The fourth-order valence-corrected chi connectivity index (χ4v) is 1.70. The summed E-state index contributed by atoms with van der Waals surface area (Å²) in [6.45, 7) is 5.24. The highest BCUT2D eigenvalue weighted by Gasteiger charge is 2.07. The molecule has 0 saturated carbocycles. The molecule has 0 aliphatic carbocycles. The number of nitrogens with one attached hydrogen (secondary N) is 2. The van der Waals surface area contributed by atoms with Gasteiger partial charge in [-0.2, -0.15) is 8.42 Å². The van der Waals surface area contributed by atoms with Crippen molar-refractivity contribution in [1.82, 2.24) is 9.44 Å². The van der Waals surface area contributed by atoms with Crippen LogP contribution in [0.25, 0.3) is 0 Å². The van der Waals surface area contributed by atoms with E-state index in [0.717, 1.165) is 0 Å². The van der Waals surface area contributed by atoms with Gasteiger partial charge in [0.15, 0.2) is 0 Å². The van der Waals surface area contributed by atoms with E-state index < -0.39 is 10.2 Å². The zero-order valence-corrected chi connectivity index (χ0v) is 9.02. The monoisotopic (exact) mass is 209 g/mol. The van der Waals surface area contributed by atoms with Crippen LogP contribution in [-0.2, 0) is 10.2 Å². The molecule has 0 aliphatic heterocycles. The summed E-state index contributed by atoms with van der Waals surface area (Å²) < 4.78 is 27.1. The van der Waals surface area contributed by atoms with Gasteiger partial charge < -0.3 is 5.73 Å². The van der Waals surface area contributed by atoms with E-state index in [9.17, 15) is 8.42 Å². The Morgan fingerprint density at radius 3 is 2.38 bits per heavy atom. The predicted octanol–water partition coefficient (Wildman–Crippen LogP) is -0.585. The molecule has 0 radical (unpaired) electrons. The van der Waals surface area contributed by atoms with Gasteiger partial charge in [-0.15, -0.1) is 0 Å². The van der Waals surface area contributed by atoms with Crippen LogP contribution < -0.4 is 15.2 Å². The summed E-state index contributed by atoms with van der Waals surface area (Å²) in [4.78, 5) is 0. The normalized spacial score (nSPS) is 12.3. The van der Waals surface area contributed by atoms with Crippen molar-refractivity contribution in [2.24, 2.45) is 11.7 Å². The molecule has 0 amide bonds. The zero-order valence-electron chi connectivity index (χ0n) is 8.21. The third kappa shape index (κ3) is 8.17. The maximum absolute atomic E-state index is 11.1. The highest BCUT2D eigenvalue weighted by Crippen LogP contribution is 1.88. The van der Waals surface area contributed by atoms with E-state index in [-0.39, 0.29) is 0 Å². The first-order valence-corrected chi connectivity index (χ1v) is 5.90. The fourth-order valence-electron chi connectivity index (χ4n) is 0.636. The molecule has 0 atom stereocenters.